The minimum atomic E-state index is 0.280. The average Bonchev–Trinajstić information content (AvgIpc) is 2.38. The van der Waals surface area contributed by atoms with E-state index in [-0.39, 0.29) is 6.04 Å². The zero-order chi connectivity index (χ0) is 12.1. The molecule has 0 aliphatic heterocycles. The highest BCUT2D eigenvalue weighted by atomic mass is 15.0. The minimum Gasteiger partial charge on any atom is -0.375 e. The summed E-state index contributed by atoms with van der Waals surface area (Å²) in [5.74, 6) is 0.498. The summed E-state index contributed by atoms with van der Waals surface area (Å²) in [6.07, 6.45) is 5.13. The zero-order valence-corrected chi connectivity index (χ0v) is 10.2. The summed E-state index contributed by atoms with van der Waals surface area (Å²) in [5, 5.41) is 3.47. The maximum Gasteiger partial charge on any atom is 0.115 e. The van der Waals surface area contributed by atoms with Gasteiger partial charge in [-0.2, -0.15) is 0 Å². The van der Waals surface area contributed by atoms with Gasteiger partial charge in [-0.15, -0.1) is 0 Å². The van der Waals surface area contributed by atoms with E-state index in [1.165, 1.54) is 11.9 Å². The quantitative estimate of drug-likeness (QED) is 0.871. The highest BCUT2D eigenvalue weighted by molar-refractivity contribution is 5.41. The van der Waals surface area contributed by atoms with Gasteiger partial charge in [-0.3, -0.25) is 0 Å². The summed E-state index contributed by atoms with van der Waals surface area (Å²) in [6, 6.07) is 10.7. The molecule has 3 heteroatoms. The number of rotatable bonds is 4. The SMILES string of the molecule is CC(C)C(Nc1cncnc1)c1ccccc1. The van der Waals surface area contributed by atoms with Gasteiger partial charge in [0.15, 0.2) is 0 Å². The molecule has 0 saturated carbocycles. The van der Waals surface area contributed by atoms with E-state index in [1.54, 1.807) is 12.4 Å². The van der Waals surface area contributed by atoms with Gasteiger partial charge in [-0.1, -0.05) is 44.2 Å². The van der Waals surface area contributed by atoms with Crippen molar-refractivity contribution in [1.29, 1.82) is 0 Å². The van der Waals surface area contributed by atoms with Crippen molar-refractivity contribution < 1.29 is 0 Å². The van der Waals surface area contributed by atoms with Gasteiger partial charge in [0, 0.05) is 0 Å². The van der Waals surface area contributed by atoms with E-state index >= 15 is 0 Å². The molecule has 0 radical (unpaired) electrons. The third-order valence-corrected chi connectivity index (χ3v) is 2.71. The zero-order valence-electron chi connectivity index (χ0n) is 10.2. The number of nitrogens with one attached hydrogen (secondary N) is 1. The largest absolute Gasteiger partial charge is 0.375 e. The second-order valence-corrected chi connectivity index (χ2v) is 4.40. The Hall–Kier alpha value is -1.90. The Morgan fingerprint density at radius 1 is 1.00 bits per heavy atom. The summed E-state index contributed by atoms with van der Waals surface area (Å²) < 4.78 is 0. The Morgan fingerprint density at radius 2 is 1.65 bits per heavy atom. The van der Waals surface area contributed by atoms with Crippen molar-refractivity contribution in [3.05, 3.63) is 54.6 Å². The fraction of sp³-hybridized carbons (Fsp3) is 0.286. The van der Waals surface area contributed by atoms with E-state index in [2.05, 4.69) is 53.4 Å². The molecule has 0 aliphatic rings. The number of anilines is 1. The van der Waals surface area contributed by atoms with Crippen LogP contribution in [0.25, 0.3) is 0 Å². The number of benzene rings is 1. The van der Waals surface area contributed by atoms with E-state index in [4.69, 9.17) is 0 Å². The number of hydrogen-bond acceptors (Lipinski definition) is 3. The van der Waals surface area contributed by atoms with Gasteiger partial charge in [0.05, 0.1) is 24.1 Å². The van der Waals surface area contributed by atoms with Crippen LogP contribution < -0.4 is 5.32 Å². The van der Waals surface area contributed by atoms with Crippen LogP contribution >= 0.6 is 0 Å². The summed E-state index contributed by atoms with van der Waals surface area (Å²) in [7, 11) is 0. The lowest BCUT2D eigenvalue weighted by Crippen LogP contribution is -2.16. The van der Waals surface area contributed by atoms with Crippen molar-refractivity contribution in [2.24, 2.45) is 5.92 Å². The van der Waals surface area contributed by atoms with Gasteiger partial charge in [-0.25, -0.2) is 9.97 Å². The van der Waals surface area contributed by atoms with Crippen LogP contribution in [0.1, 0.15) is 25.5 Å². The van der Waals surface area contributed by atoms with Crippen LogP contribution in [0.2, 0.25) is 0 Å². The molecule has 88 valence electrons. The van der Waals surface area contributed by atoms with Crippen LogP contribution in [-0.4, -0.2) is 9.97 Å². The first kappa shape index (κ1) is 11.6. The van der Waals surface area contributed by atoms with Crippen LogP contribution in [0, 0.1) is 5.92 Å². The molecule has 1 unspecified atom stereocenters. The van der Waals surface area contributed by atoms with Gasteiger partial charge >= 0.3 is 0 Å². The summed E-state index contributed by atoms with van der Waals surface area (Å²) >= 11 is 0. The molecule has 1 aromatic heterocycles. The molecule has 0 spiro atoms. The number of hydrogen-bond donors (Lipinski definition) is 1. The molecule has 1 aromatic carbocycles. The molecule has 0 bridgehead atoms. The second-order valence-electron chi connectivity index (χ2n) is 4.40. The van der Waals surface area contributed by atoms with E-state index < -0.39 is 0 Å². The summed E-state index contributed by atoms with van der Waals surface area (Å²) in [5.41, 5.74) is 2.24. The minimum absolute atomic E-state index is 0.280. The van der Waals surface area contributed by atoms with Crippen molar-refractivity contribution in [1.82, 2.24) is 9.97 Å². The van der Waals surface area contributed by atoms with E-state index in [1.807, 2.05) is 6.07 Å². The van der Waals surface area contributed by atoms with Crippen molar-refractivity contribution in [3.8, 4) is 0 Å². The number of aromatic nitrogens is 2. The normalized spacial score (nSPS) is 12.4. The van der Waals surface area contributed by atoms with Crippen LogP contribution in [0.5, 0.6) is 0 Å². The first-order chi connectivity index (χ1) is 8.27. The summed E-state index contributed by atoms with van der Waals surface area (Å²) in [4.78, 5) is 8.03. The van der Waals surface area contributed by atoms with Crippen LogP contribution in [0.4, 0.5) is 5.69 Å². The Kier molecular flexibility index (Phi) is 3.70. The fourth-order valence-corrected chi connectivity index (χ4v) is 1.85. The monoisotopic (exact) mass is 227 g/mol. The Balaban J connectivity index is 2.20. The van der Waals surface area contributed by atoms with E-state index in [9.17, 15) is 0 Å². The Bertz CT molecular complexity index is 440. The van der Waals surface area contributed by atoms with Crippen LogP contribution in [0.15, 0.2) is 49.1 Å². The molecule has 0 amide bonds. The van der Waals surface area contributed by atoms with Crippen LogP contribution in [0.3, 0.4) is 0 Å². The standard InChI is InChI=1S/C14H17N3/c1-11(2)14(12-6-4-3-5-7-12)17-13-8-15-10-16-9-13/h3-11,14,17H,1-2H3. The van der Waals surface area contributed by atoms with Gasteiger partial charge in [0.1, 0.15) is 6.33 Å². The smallest absolute Gasteiger partial charge is 0.115 e. The molecule has 1 N–H and O–H groups in total. The van der Waals surface area contributed by atoms with Crippen molar-refractivity contribution in [3.63, 3.8) is 0 Å². The van der Waals surface area contributed by atoms with E-state index in [0.29, 0.717) is 5.92 Å². The highest BCUT2D eigenvalue weighted by Crippen LogP contribution is 2.25. The molecule has 3 nitrogen and oxygen atoms in total. The average molecular weight is 227 g/mol. The lowest BCUT2D eigenvalue weighted by atomic mass is 9.96. The molecule has 2 rings (SSSR count). The second kappa shape index (κ2) is 5.43. The predicted molar refractivity (Wildman–Crippen MR) is 69.7 cm³/mol. The van der Waals surface area contributed by atoms with Gasteiger partial charge in [0.25, 0.3) is 0 Å². The lowest BCUT2D eigenvalue weighted by molar-refractivity contribution is 0.546. The fourth-order valence-electron chi connectivity index (χ4n) is 1.85. The molecule has 2 aromatic rings. The van der Waals surface area contributed by atoms with Crippen LogP contribution in [-0.2, 0) is 0 Å². The maximum absolute atomic E-state index is 4.02. The van der Waals surface area contributed by atoms with Crippen molar-refractivity contribution in [2.75, 3.05) is 5.32 Å². The molecule has 0 aliphatic carbocycles. The first-order valence-electron chi connectivity index (χ1n) is 5.84. The molecule has 0 fully saturated rings. The van der Waals surface area contributed by atoms with Crippen molar-refractivity contribution >= 4 is 5.69 Å². The van der Waals surface area contributed by atoms with Gasteiger partial charge in [-0.05, 0) is 11.5 Å². The topological polar surface area (TPSA) is 37.8 Å². The van der Waals surface area contributed by atoms with E-state index in [0.717, 1.165) is 5.69 Å². The molecule has 0 saturated heterocycles. The third-order valence-electron chi connectivity index (χ3n) is 2.71. The predicted octanol–water partition coefficient (Wildman–Crippen LogP) is 3.29. The maximum atomic E-state index is 4.02. The molecule has 1 atom stereocenters. The first-order valence-corrected chi connectivity index (χ1v) is 5.84. The number of nitrogens with zero attached hydrogens (tertiary/aromatic N) is 2. The van der Waals surface area contributed by atoms with Crippen molar-refractivity contribution in [2.45, 2.75) is 19.9 Å². The van der Waals surface area contributed by atoms with Gasteiger partial charge in [0.2, 0.25) is 0 Å². The van der Waals surface area contributed by atoms with Gasteiger partial charge < -0.3 is 5.32 Å². The highest BCUT2D eigenvalue weighted by Gasteiger charge is 2.15. The molecule has 1 heterocycles. The Morgan fingerprint density at radius 3 is 2.24 bits per heavy atom. The third kappa shape index (κ3) is 3.03. The molecular weight excluding hydrogens is 210 g/mol. The lowest BCUT2D eigenvalue weighted by Gasteiger charge is -2.23. The molecular formula is C14H17N3. The summed E-state index contributed by atoms with van der Waals surface area (Å²) in [6.45, 7) is 4.41. The Labute approximate surface area is 102 Å². The molecule has 17 heavy (non-hydrogen) atoms.